The van der Waals surface area contributed by atoms with E-state index in [4.69, 9.17) is 4.42 Å². The lowest BCUT2D eigenvalue weighted by Crippen LogP contribution is -2.37. The second-order valence-corrected chi connectivity index (χ2v) is 8.24. The molecule has 1 fully saturated rings. The van der Waals surface area contributed by atoms with Crippen LogP contribution in [0.5, 0.6) is 0 Å². The predicted octanol–water partition coefficient (Wildman–Crippen LogP) is 1.62. The molecule has 7 nitrogen and oxygen atoms in total. The van der Waals surface area contributed by atoms with Crippen molar-refractivity contribution in [2.24, 2.45) is 0 Å². The van der Waals surface area contributed by atoms with Gasteiger partial charge in [0.15, 0.2) is 9.84 Å². The molecule has 0 spiro atoms. The summed E-state index contributed by atoms with van der Waals surface area (Å²) in [4.78, 5) is 18.6. The summed E-state index contributed by atoms with van der Waals surface area (Å²) in [5, 5.41) is 2.79. The molecule has 0 aliphatic carbocycles. The Hall–Kier alpha value is -2.35. The van der Waals surface area contributed by atoms with Crippen LogP contribution in [0.15, 0.2) is 41.1 Å². The van der Waals surface area contributed by atoms with Crippen LogP contribution in [0.4, 0.5) is 5.82 Å². The normalized spacial score (nSPS) is 18.8. The van der Waals surface area contributed by atoms with Gasteiger partial charge in [-0.05, 0) is 37.6 Å². The molecule has 1 saturated heterocycles. The van der Waals surface area contributed by atoms with Crippen LogP contribution in [0.25, 0.3) is 0 Å². The Morgan fingerprint density at radius 3 is 2.92 bits per heavy atom. The van der Waals surface area contributed by atoms with Gasteiger partial charge in [-0.1, -0.05) is 0 Å². The van der Waals surface area contributed by atoms with Crippen molar-refractivity contribution >= 4 is 21.6 Å². The summed E-state index contributed by atoms with van der Waals surface area (Å²) in [5.41, 5.74) is 0.482. The molecule has 1 amide bonds. The second kappa shape index (κ2) is 7.26. The lowest BCUT2D eigenvalue weighted by atomic mass is 10.2. The first kappa shape index (κ1) is 17.5. The molecule has 1 N–H and O–H groups in total. The number of hydrogen-bond acceptors (Lipinski definition) is 6. The number of anilines is 1. The Bertz CT molecular complexity index is 833. The van der Waals surface area contributed by atoms with Crippen molar-refractivity contribution in [3.63, 3.8) is 0 Å². The molecule has 8 heteroatoms. The summed E-state index contributed by atoms with van der Waals surface area (Å²) in [6, 6.07) is 6.80. The number of nitrogens with zero attached hydrogens (tertiary/aromatic N) is 2. The molecule has 0 bridgehead atoms. The number of nitrogens with one attached hydrogen (secondary N) is 1. The fourth-order valence-corrected chi connectivity index (χ4v) is 4.76. The zero-order valence-corrected chi connectivity index (χ0v) is 14.8. The number of carbonyl (C=O) groups excluding carboxylic acids is 1. The van der Waals surface area contributed by atoms with Crippen molar-refractivity contribution in [1.82, 2.24) is 10.3 Å². The zero-order valence-electron chi connectivity index (χ0n) is 14.0. The number of amides is 1. The van der Waals surface area contributed by atoms with Gasteiger partial charge in [0.1, 0.15) is 11.6 Å². The minimum atomic E-state index is -2.98. The van der Waals surface area contributed by atoms with E-state index < -0.39 is 9.84 Å². The van der Waals surface area contributed by atoms with E-state index in [0.717, 1.165) is 0 Å². The Morgan fingerprint density at radius 2 is 2.28 bits per heavy atom. The lowest BCUT2D eigenvalue weighted by molar-refractivity contribution is 0.0948. The minimum absolute atomic E-state index is 0.0936. The van der Waals surface area contributed by atoms with Gasteiger partial charge in [0.2, 0.25) is 0 Å². The lowest BCUT2D eigenvalue weighted by Gasteiger charge is -2.28. The Balaban J connectivity index is 1.72. The summed E-state index contributed by atoms with van der Waals surface area (Å²) in [7, 11) is -2.98. The molecule has 1 aliphatic heterocycles. The SMILES string of the molecule is CCN(c1cc(C(=O)NCc2ccco2)ccn1)C1CCS(=O)(=O)C1. The van der Waals surface area contributed by atoms with Gasteiger partial charge in [-0.2, -0.15) is 0 Å². The maximum absolute atomic E-state index is 12.3. The van der Waals surface area contributed by atoms with Gasteiger partial charge < -0.3 is 14.6 Å². The molecule has 0 radical (unpaired) electrons. The van der Waals surface area contributed by atoms with E-state index in [9.17, 15) is 13.2 Å². The van der Waals surface area contributed by atoms with Gasteiger partial charge in [-0.3, -0.25) is 4.79 Å². The molecule has 1 aliphatic rings. The van der Waals surface area contributed by atoms with Crippen LogP contribution >= 0.6 is 0 Å². The zero-order chi connectivity index (χ0) is 17.9. The van der Waals surface area contributed by atoms with E-state index in [1.165, 1.54) is 0 Å². The van der Waals surface area contributed by atoms with Crippen LogP contribution in [-0.2, 0) is 16.4 Å². The minimum Gasteiger partial charge on any atom is -0.467 e. The largest absolute Gasteiger partial charge is 0.467 e. The van der Waals surface area contributed by atoms with E-state index >= 15 is 0 Å². The quantitative estimate of drug-likeness (QED) is 0.838. The first-order valence-electron chi connectivity index (χ1n) is 8.22. The highest BCUT2D eigenvalue weighted by Crippen LogP contribution is 2.23. The molecule has 1 unspecified atom stereocenters. The fourth-order valence-electron chi connectivity index (χ4n) is 3.03. The van der Waals surface area contributed by atoms with Crippen molar-refractivity contribution < 1.29 is 17.6 Å². The molecule has 2 aromatic rings. The third-order valence-corrected chi connectivity index (χ3v) is 6.05. The van der Waals surface area contributed by atoms with E-state index in [1.54, 1.807) is 36.7 Å². The Morgan fingerprint density at radius 1 is 1.44 bits per heavy atom. The first-order chi connectivity index (χ1) is 12.0. The third kappa shape index (κ3) is 4.19. The molecule has 3 rings (SSSR count). The van der Waals surface area contributed by atoms with Crippen LogP contribution in [0, 0.1) is 0 Å². The number of pyridine rings is 1. The van der Waals surface area contributed by atoms with Crippen molar-refractivity contribution in [2.45, 2.75) is 25.9 Å². The second-order valence-electron chi connectivity index (χ2n) is 6.01. The van der Waals surface area contributed by atoms with E-state index in [0.29, 0.717) is 36.7 Å². The summed E-state index contributed by atoms with van der Waals surface area (Å²) < 4.78 is 28.7. The van der Waals surface area contributed by atoms with E-state index in [1.807, 2.05) is 11.8 Å². The summed E-state index contributed by atoms with van der Waals surface area (Å²) in [5.74, 6) is 1.41. The van der Waals surface area contributed by atoms with Crippen molar-refractivity contribution in [1.29, 1.82) is 0 Å². The Labute approximate surface area is 147 Å². The molecule has 134 valence electrons. The van der Waals surface area contributed by atoms with Crippen molar-refractivity contribution in [3.05, 3.63) is 48.0 Å². The highest BCUT2D eigenvalue weighted by molar-refractivity contribution is 7.91. The van der Waals surface area contributed by atoms with Crippen LogP contribution in [-0.4, -0.2) is 43.4 Å². The third-order valence-electron chi connectivity index (χ3n) is 4.30. The molecule has 3 heterocycles. The van der Waals surface area contributed by atoms with Gasteiger partial charge in [0, 0.05) is 24.3 Å². The maximum atomic E-state index is 12.3. The molecule has 2 aromatic heterocycles. The average molecular weight is 363 g/mol. The number of sulfone groups is 1. The molecule has 0 saturated carbocycles. The smallest absolute Gasteiger partial charge is 0.251 e. The summed E-state index contributed by atoms with van der Waals surface area (Å²) >= 11 is 0. The van der Waals surface area contributed by atoms with Crippen LogP contribution in [0.1, 0.15) is 29.5 Å². The molecular formula is C17H21N3O4S. The van der Waals surface area contributed by atoms with Crippen LogP contribution in [0.3, 0.4) is 0 Å². The van der Waals surface area contributed by atoms with E-state index in [-0.39, 0.29) is 23.5 Å². The predicted molar refractivity (Wildman–Crippen MR) is 94.2 cm³/mol. The first-order valence-corrected chi connectivity index (χ1v) is 10.0. The summed E-state index contributed by atoms with van der Waals surface area (Å²) in [6.07, 6.45) is 3.72. The van der Waals surface area contributed by atoms with Crippen molar-refractivity contribution in [2.75, 3.05) is 23.0 Å². The van der Waals surface area contributed by atoms with Gasteiger partial charge in [-0.15, -0.1) is 0 Å². The fraction of sp³-hybridized carbons (Fsp3) is 0.412. The maximum Gasteiger partial charge on any atom is 0.251 e. The number of aromatic nitrogens is 1. The summed E-state index contributed by atoms with van der Waals surface area (Å²) in [6.45, 7) is 2.89. The number of hydrogen-bond donors (Lipinski definition) is 1. The van der Waals surface area contributed by atoms with Gasteiger partial charge >= 0.3 is 0 Å². The Kier molecular flexibility index (Phi) is 5.08. The number of furan rings is 1. The van der Waals surface area contributed by atoms with Gasteiger partial charge in [0.25, 0.3) is 5.91 Å². The van der Waals surface area contributed by atoms with Gasteiger partial charge in [0.05, 0.1) is 24.3 Å². The van der Waals surface area contributed by atoms with E-state index in [2.05, 4.69) is 10.3 Å². The topological polar surface area (TPSA) is 92.5 Å². The van der Waals surface area contributed by atoms with Crippen LogP contribution < -0.4 is 10.2 Å². The van der Waals surface area contributed by atoms with Crippen LogP contribution in [0.2, 0.25) is 0 Å². The number of carbonyl (C=O) groups is 1. The molecular weight excluding hydrogens is 342 g/mol. The highest BCUT2D eigenvalue weighted by Gasteiger charge is 2.32. The highest BCUT2D eigenvalue weighted by atomic mass is 32.2. The average Bonchev–Trinajstić information content (AvgIpc) is 3.23. The van der Waals surface area contributed by atoms with Crippen molar-refractivity contribution in [3.8, 4) is 0 Å². The van der Waals surface area contributed by atoms with Gasteiger partial charge in [-0.25, -0.2) is 13.4 Å². The molecule has 0 aromatic carbocycles. The monoisotopic (exact) mass is 363 g/mol. The standard InChI is InChI=1S/C17H21N3O4S/c1-2-20(14-6-9-25(22,23)12-14)16-10-13(5-7-18-16)17(21)19-11-15-4-3-8-24-15/h3-5,7-8,10,14H,2,6,9,11-12H2,1H3,(H,19,21). The molecule has 25 heavy (non-hydrogen) atoms. The number of rotatable bonds is 6. The molecule has 1 atom stereocenters.